The van der Waals surface area contributed by atoms with Crippen LogP contribution in [0.5, 0.6) is 0 Å². The summed E-state index contributed by atoms with van der Waals surface area (Å²) in [5, 5.41) is 0. The number of para-hydroxylation sites is 1. The first-order valence-corrected chi connectivity index (χ1v) is 5.41. The van der Waals surface area contributed by atoms with E-state index in [4.69, 9.17) is 0 Å². The number of aryl methyl sites for hydroxylation is 1. The van der Waals surface area contributed by atoms with E-state index in [-0.39, 0.29) is 0 Å². The summed E-state index contributed by atoms with van der Waals surface area (Å²) in [6.45, 7) is 3.13. The fraction of sp³-hybridized carbons (Fsp3) is 0.182. The Morgan fingerprint density at radius 1 is 1.06 bits per heavy atom. The summed E-state index contributed by atoms with van der Waals surface area (Å²) in [5.41, 5.74) is 1.20. The van der Waals surface area contributed by atoms with E-state index in [1.165, 1.54) is 5.69 Å². The van der Waals surface area contributed by atoms with Crippen LogP contribution in [0.4, 0.5) is 17.3 Å². The number of nitrogens with zero attached hydrogens (tertiary/aromatic N) is 2. The van der Waals surface area contributed by atoms with E-state index in [2.05, 4.69) is 59.0 Å². The summed E-state index contributed by atoms with van der Waals surface area (Å²) in [6.07, 6.45) is 4.14. The second-order valence-corrected chi connectivity index (χ2v) is 3.42. The van der Waals surface area contributed by atoms with Crippen LogP contribution in [0, 0.1) is 0 Å². The Bertz CT molecular complexity index is 461. The highest BCUT2D eigenvalue weighted by molar-refractivity contribution is 6.50. The molecule has 0 bridgehead atoms. The zero-order chi connectivity index (χ0) is 13.6. The van der Waals surface area contributed by atoms with Gasteiger partial charge in [0, 0.05) is 6.07 Å². The van der Waals surface area contributed by atoms with Gasteiger partial charge in [-0.1, -0.05) is 18.2 Å². The molecule has 1 heterocycles. The van der Waals surface area contributed by atoms with E-state index in [0.29, 0.717) is 0 Å². The molecule has 0 radical (unpaired) electrons. The molecule has 2 aromatic rings. The average molecular weight is 260 g/mol. The monoisotopic (exact) mass is 260 g/mol. The Morgan fingerprint density at radius 2 is 1.61 bits per heavy atom. The minimum Gasteiger partial charge on any atom is -0.418 e. The predicted molar refractivity (Wildman–Crippen MR) is 61.8 cm³/mol. The quantitative estimate of drug-likeness (QED) is 0.445. The molecule has 2 rings (SSSR count). The van der Waals surface area contributed by atoms with Gasteiger partial charge in [-0.15, -0.1) is 9.36 Å². The van der Waals surface area contributed by atoms with Crippen LogP contribution in [0.3, 0.4) is 0 Å². The molecule has 0 unspecified atom stereocenters. The Balaban J connectivity index is 0.000000280. The van der Waals surface area contributed by atoms with Crippen LogP contribution < -0.4 is 4.68 Å². The maximum Gasteiger partial charge on any atom is 0.673 e. The molecule has 0 atom stereocenters. The number of benzene rings is 1. The number of halogens is 4. The maximum atomic E-state index is 9.75. The molecule has 0 spiro atoms. The largest absolute Gasteiger partial charge is 0.673 e. The first-order chi connectivity index (χ1) is 8.42. The topological polar surface area (TPSA) is 8.81 Å². The number of hydrogen-bond donors (Lipinski definition) is 0. The summed E-state index contributed by atoms with van der Waals surface area (Å²) < 4.78 is 43.3. The second kappa shape index (κ2) is 6.23. The Kier molecular flexibility index (Phi) is 4.94. The molecule has 0 fully saturated rings. The molecule has 98 valence electrons. The van der Waals surface area contributed by atoms with Crippen molar-refractivity contribution in [3.05, 3.63) is 48.8 Å². The summed E-state index contributed by atoms with van der Waals surface area (Å²) in [6, 6.07) is 12.4. The molecule has 2 nitrogen and oxygen atoms in total. The molecule has 1 aromatic carbocycles. The van der Waals surface area contributed by atoms with E-state index in [9.17, 15) is 17.3 Å². The van der Waals surface area contributed by atoms with Crippen molar-refractivity contribution < 1.29 is 21.9 Å². The highest BCUT2D eigenvalue weighted by Gasteiger charge is 2.20. The lowest BCUT2D eigenvalue weighted by molar-refractivity contribution is -0.763. The molecule has 0 aliphatic carbocycles. The van der Waals surface area contributed by atoms with Gasteiger partial charge in [-0.2, -0.15) is 0 Å². The number of rotatable bonds is 2. The van der Waals surface area contributed by atoms with Gasteiger partial charge >= 0.3 is 7.25 Å². The van der Waals surface area contributed by atoms with Gasteiger partial charge in [-0.05, 0) is 19.1 Å². The molecule has 0 saturated carbocycles. The third-order valence-corrected chi connectivity index (χ3v) is 2.11. The van der Waals surface area contributed by atoms with E-state index in [1.807, 2.05) is 6.07 Å². The Hall–Kier alpha value is -1.79. The minimum atomic E-state index is -6.00. The lowest BCUT2D eigenvalue weighted by Crippen LogP contribution is -2.40. The van der Waals surface area contributed by atoms with E-state index in [1.54, 1.807) is 0 Å². The van der Waals surface area contributed by atoms with Crippen LogP contribution in [-0.4, -0.2) is 11.9 Å². The molecule has 18 heavy (non-hydrogen) atoms. The van der Waals surface area contributed by atoms with Crippen LogP contribution in [-0.2, 0) is 6.54 Å². The lowest BCUT2D eigenvalue weighted by Gasteiger charge is -1.99. The summed E-state index contributed by atoms with van der Waals surface area (Å²) >= 11 is 0. The SMILES string of the molecule is CC[n+]1cccn1-c1ccccc1.F[B-](F)(F)F. The van der Waals surface area contributed by atoms with Crippen molar-refractivity contribution in [2.45, 2.75) is 13.5 Å². The van der Waals surface area contributed by atoms with Crippen molar-refractivity contribution in [3.63, 3.8) is 0 Å². The molecular weight excluding hydrogens is 247 g/mol. The van der Waals surface area contributed by atoms with Crippen molar-refractivity contribution in [1.29, 1.82) is 0 Å². The standard InChI is InChI=1S/C11H13N2.BF4/c1-2-12-9-6-10-13(12)11-7-4-3-5-8-11;2-1(3,4)5/h3-10H,2H2,1H3;/q+1;-1. The highest BCUT2D eigenvalue weighted by atomic mass is 19.5. The molecule has 0 aliphatic rings. The maximum absolute atomic E-state index is 9.75. The minimum absolute atomic E-state index is 0.988. The third kappa shape index (κ3) is 5.03. The lowest BCUT2D eigenvalue weighted by atomic mass is 10.3. The molecule has 0 amide bonds. The van der Waals surface area contributed by atoms with Crippen LogP contribution in [0.1, 0.15) is 6.92 Å². The van der Waals surface area contributed by atoms with Gasteiger partial charge in [0.25, 0.3) is 0 Å². The van der Waals surface area contributed by atoms with Crippen molar-refractivity contribution in [2.75, 3.05) is 0 Å². The molecule has 0 aliphatic heterocycles. The zero-order valence-electron chi connectivity index (χ0n) is 9.81. The number of aromatic nitrogens is 2. The molecule has 1 aromatic heterocycles. The van der Waals surface area contributed by atoms with Crippen LogP contribution >= 0.6 is 0 Å². The molecular formula is C11H13BF4N2. The van der Waals surface area contributed by atoms with Gasteiger partial charge < -0.3 is 17.3 Å². The fourth-order valence-corrected chi connectivity index (χ4v) is 1.45. The molecule has 0 N–H and O–H groups in total. The van der Waals surface area contributed by atoms with Gasteiger partial charge in [0.05, 0.1) is 6.20 Å². The number of hydrogen-bond acceptors (Lipinski definition) is 0. The predicted octanol–water partition coefficient (Wildman–Crippen LogP) is 3.08. The Morgan fingerprint density at radius 3 is 2.11 bits per heavy atom. The van der Waals surface area contributed by atoms with Crippen LogP contribution in [0.2, 0.25) is 0 Å². The average Bonchev–Trinajstić information content (AvgIpc) is 2.76. The van der Waals surface area contributed by atoms with E-state index < -0.39 is 7.25 Å². The van der Waals surface area contributed by atoms with E-state index in [0.717, 1.165) is 6.54 Å². The highest BCUT2D eigenvalue weighted by Crippen LogP contribution is 2.06. The first-order valence-electron chi connectivity index (χ1n) is 5.41. The summed E-state index contributed by atoms with van der Waals surface area (Å²) in [5.74, 6) is 0. The summed E-state index contributed by atoms with van der Waals surface area (Å²) in [7, 11) is -6.00. The van der Waals surface area contributed by atoms with Gasteiger partial charge in [0.15, 0.2) is 12.7 Å². The van der Waals surface area contributed by atoms with Crippen molar-refractivity contribution in [2.24, 2.45) is 0 Å². The first kappa shape index (κ1) is 14.3. The van der Waals surface area contributed by atoms with Gasteiger partial charge in [0.1, 0.15) is 5.69 Å². The van der Waals surface area contributed by atoms with Gasteiger partial charge in [-0.3, -0.25) is 0 Å². The Labute approximate surface area is 103 Å². The zero-order valence-corrected chi connectivity index (χ0v) is 9.81. The fourth-order valence-electron chi connectivity index (χ4n) is 1.45. The van der Waals surface area contributed by atoms with Crippen LogP contribution in [0.25, 0.3) is 5.69 Å². The molecule has 0 saturated heterocycles. The van der Waals surface area contributed by atoms with Crippen molar-refractivity contribution in [3.8, 4) is 5.69 Å². The normalized spacial score (nSPS) is 10.7. The second-order valence-electron chi connectivity index (χ2n) is 3.42. The van der Waals surface area contributed by atoms with Crippen molar-refractivity contribution >= 4 is 7.25 Å². The smallest absolute Gasteiger partial charge is 0.418 e. The van der Waals surface area contributed by atoms with E-state index >= 15 is 0 Å². The van der Waals surface area contributed by atoms with Crippen molar-refractivity contribution in [1.82, 2.24) is 4.68 Å². The van der Waals surface area contributed by atoms with Crippen LogP contribution in [0.15, 0.2) is 48.8 Å². The third-order valence-electron chi connectivity index (χ3n) is 2.11. The van der Waals surface area contributed by atoms with Gasteiger partial charge in [-0.25, -0.2) is 0 Å². The van der Waals surface area contributed by atoms with Gasteiger partial charge in [0.2, 0.25) is 0 Å². The molecule has 7 heteroatoms. The summed E-state index contributed by atoms with van der Waals surface area (Å²) in [4.78, 5) is 0.